The summed E-state index contributed by atoms with van der Waals surface area (Å²) in [6, 6.07) is 0.578. The van der Waals surface area contributed by atoms with Gasteiger partial charge in [0.2, 0.25) is 5.91 Å². The van der Waals surface area contributed by atoms with E-state index in [0.717, 1.165) is 11.8 Å². The number of aromatic carboxylic acids is 1. The van der Waals surface area contributed by atoms with Crippen molar-refractivity contribution in [2.24, 2.45) is 5.73 Å². The van der Waals surface area contributed by atoms with Crippen molar-refractivity contribution in [3.05, 3.63) is 28.9 Å². The highest BCUT2D eigenvalue weighted by atomic mass is 32.2. The van der Waals surface area contributed by atoms with Gasteiger partial charge >= 0.3 is 11.9 Å². The van der Waals surface area contributed by atoms with Crippen molar-refractivity contribution >= 4 is 47.1 Å². The zero-order valence-corrected chi connectivity index (χ0v) is 16.2. The molecule has 5 N–H and O–H groups in total. The fourth-order valence-corrected chi connectivity index (χ4v) is 5.44. The minimum Gasteiger partial charge on any atom is -0.477 e. The molecule has 2 atom stereocenters. The van der Waals surface area contributed by atoms with Gasteiger partial charge in [-0.05, 0) is 5.57 Å². The van der Waals surface area contributed by atoms with Gasteiger partial charge in [0, 0.05) is 17.6 Å². The molecule has 1 fully saturated rings. The van der Waals surface area contributed by atoms with Crippen molar-refractivity contribution in [3.8, 4) is 0 Å². The van der Waals surface area contributed by atoms with Crippen LogP contribution in [0.5, 0.6) is 0 Å². The highest BCUT2D eigenvalue weighted by Gasteiger charge is 2.51. The molecule has 152 valence electrons. The normalized spacial score (nSPS) is 21.3. The van der Waals surface area contributed by atoms with E-state index >= 15 is 0 Å². The van der Waals surface area contributed by atoms with Crippen LogP contribution in [-0.2, 0) is 16.2 Å². The first kappa shape index (κ1) is 19.6. The van der Waals surface area contributed by atoms with Gasteiger partial charge in [-0.3, -0.25) is 9.69 Å². The average molecular weight is 438 g/mol. The first-order valence-corrected chi connectivity index (χ1v) is 10.2. The summed E-state index contributed by atoms with van der Waals surface area (Å²) in [6.07, 6.45) is 0. The number of β-lactam (4-membered cyclic amide) rings is 1. The fourth-order valence-electron chi connectivity index (χ4n) is 3.02. The Morgan fingerprint density at radius 2 is 2.07 bits per heavy atom. The van der Waals surface area contributed by atoms with E-state index in [1.54, 1.807) is 0 Å². The van der Waals surface area contributed by atoms with Crippen LogP contribution in [0.2, 0.25) is 0 Å². The van der Waals surface area contributed by atoms with Crippen LogP contribution in [0.1, 0.15) is 16.3 Å². The molecule has 12 nitrogen and oxygen atoms in total. The number of aromatic nitrogens is 4. The smallest absolute Gasteiger partial charge is 0.354 e. The van der Waals surface area contributed by atoms with Gasteiger partial charge in [0.1, 0.15) is 28.7 Å². The van der Waals surface area contributed by atoms with Crippen molar-refractivity contribution in [3.63, 3.8) is 0 Å². The molecule has 1 amide bonds. The lowest BCUT2D eigenvalue weighted by molar-refractivity contribution is -0.147. The lowest BCUT2D eigenvalue weighted by Crippen LogP contribution is -2.68. The van der Waals surface area contributed by atoms with Crippen LogP contribution in [0.15, 0.2) is 22.4 Å². The molecule has 2 aromatic rings. The average Bonchev–Trinajstić information content (AvgIpc) is 3.13. The predicted molar refractivity (Wildman–Crippen MR) is 100 cm³/mol. The van der Waals surface area contributed by atoms with Gasteiger partial charge in [-0.25, -0.2) is 14.6 Å². The molecule has 0 saturated carbocycles. The molecule has 0 aromatic carbocycles. The van der Waals surface area contributed by atoms with Crippen molar-refractivity contribution in [1.29, 1.82) is 0 Å². The second-order valence-electron chi connectivity index (χ2n) is 6.16. The van der Waals surface area contributed by atoms with E-state index in [2.05, 4.69) is 15.1 Å². The van der Waals surface area contributed by atoms with Crippen LogP contribution in [0, 0.1) is 0 Å². The van der Waals surface area contributed by atoms with Crippen LogP contribution in [0.25, 0.3) is 5.78 Å². The van der Waals surface area contributed by atoms with Crippen LogP contribution in [-0.4, -0.2) is 80.6 Å². The molecule has 2 aromatic heterocycles. The number of aliphatic carboxylic acids is 1. The quantitative estimate of drug-likeness (QED) is 0.245. The van der Waals surface area contributed by atoms with E-state index in [4.69, 9.17) is 5.73 Å². The third-order valence-electron chi connectivity index (χ3n) is 4.37. The van der Waals surface area contributed by atoms with Gasteiger partial charge in [-0.1, -0.05) is 0 Å². The van der Waals surface area contributed by atoms with Crippen molar-refractivity contribution in [2.75, 3.05) is 11.5 Å². The van der Waals surface area contributed by atoms with E-state index in [-0.39, 0.29) is 28.7 Å². The second kappa shape index (κ2) is 7.29. The van der Waals surface area contributed by atoms with Crippen molar-refractivity contribution in [1.82, 2.24) is 24.5 Å². The van der Waals surface area contributed by atoms with E-state index in [1.165, 1.54) is 27.2 Å². The van der Waals surface area contributed by atoms with Crippen LogP contribution in [0.4, 0.5) is 0 Å². The van der Waals surface area contributed by atoms with E-state index in [9.17, 15) is 29.7 Å². The zero-order chi connectivity index (χ0) is 20.9. The predicted octanol–water partition coefficient (Wildman–Crippen LogP) is -1.01. The SMILES string of the molecule is NC1C(=O)N2C(C(=O)O)=C(CSc3cc(C(=O)O)nc4nc(CO)nn34)CS[C@H]12. The summed E-state index contributed by atoms with van der Waals surface area (Å²) in [5.74, 6) is -2.30. The standard InChI is InChI=1S/C15H14N6O6S2/c16-9-11(23)20-10(14(26)27)5(4-29-12(9)20)3-28-8-1-6(13(24)25)17-15-18-7(2-22)19-21(8)15/h1,9,12,22H,2-4,16H2,(H,24,25)(H,26,27)/t9?,12-/m1/s1. The molecule has 4 rings (SSSR count). The number of fused-ring (bicyclic) bond motifs is 2. The lowest BCUT2D eigenvalue weighted by Gasteiger charge is -2.48. The molecule has 1 unspecified atom stereocenters. The summed E-state index contributed by atoms with van der Waals surface area (Å²) < 4.78 is 1.28. The Hall–Kier alpha value is -2.68. The van der Waals surface area contributed by atoms with Crippen LogP contribution < -0.4 is 5.73 Å². The summed E-state index contributed by atoms with van der Waals surface area (Å²) >= 11 is 2.51. The molecule has 29 heavy (non-hydrogen) atoms. The van der Waals surface area contributed by atoms with Crippen molar-refractivity contribution < 1.29 is 29.7 Å². The molecule has 2 aliphatic rings. The van der Waals surface area contributed by atoms with Gasteiger partial charge in [0.05, 0.1) is 0 Å². The number of carboxylic acids is 2. The summed E-state index contributed by atoms with van der Waals surface area (Å²) in [4.78, 5) is 44.2. The Labute approximate surface area is 170 Å². The number of hydrogen-bond acceptors (Lipinski definition) is 10. The molecular weight excluding hydrogens is 424 g/mol. The highest BCUT2D eigenvalue weighted by molar-refractivity contribution is 8.01. The number of thioether (sulfide) groups is 2. The maximum absolute atomic E-state index is 12.0. The summed E-state index contributed by atoms with van der Waals surface area (Å²) in [6.45, 7) is -0.445. The number of rotatable bonds is 6. The third kappa shape index (κ3) is 3.23. The molecule has 0 bridgehead atoms. The summed E-state index contributed by atoms with van der Waals surface area (Å²) in [7, 11) is 0. The number of amides is 1. The fraction of sp³-hybridized carbons (Fsp3) is 0.333. The molecular formula is C15H14N6O6S2. The Kier molecular flexibility index (Phi) is 4.94. The number of carboxylic acid groups (broad SMARTS) is 2. The first-order valence-electron chi connectivity index (χ1n) is 8.21. The third-order valence-corrected chi connectivity index (χ3v) is 6.81. The second-order valence-corrected chi connectivity index (χ2v) is 8.26. The Balaban J connectivity index is 1.68. The van der Waals surface area contributed by atoms with Gasteiger partial charge in [-0.2, -0.15) is 9.50 Å². The molecule has 0 aliphatic carbocycles. The molecule has 4 heterocycles. The number of aliphatic hydroxyl groups excluding tert-OH is 1. The van der Waals surface area contributed by atoms with Crippen LogP contribution in [0.3, 0.4) is 0 Å². The number of nitrogens with zero attached hydrogens (tertiary/aromatic N) is 5. The number of hydrogen-bond donors (Lipinski definition) is 4. The van der Waals surface area contributed by atoms with E-state index < -0.39 is 35.9 Å². The first-order chi connectivity index (χ1) is 13.8. The van der Waals surface area contributed by atoms with E-state index in [0.29, 0.717) is 16.4 Å². The Morgan fingerprint density at radius 3 is 2.72 bits per heavy atom. The Bertz CT molecular complexity index is 1080. The minimum absolute atomic E-state index is 0.00543. The molecule has 1 saturated heterocycles. The Morgan fingerprint density at radius 1 is 1.31 bits per heavy atom. The largest absolute Gasteiger partial charge is 0.477 e. The molecule has 14 heteroatoms. The molecule has 0 spiro atoms. The number of carbonyl (C=O) groups excluding carboxylic acids is 1. The summed E-state index contributed by atoms with van der Waals surface area (Å²) in [5.41, 5.74) is 5.90. The van der Waals surface area contributed by atoms with Gasteiger partial charge in [0.15, 0.2) is 11.5 Å². The topological polar surface area (TPSA) is 184 Å². The maximum Gasteiger partial charge on any atom is 0.354 e. The number of carbonyl (C=O) groups is 3. The highest BCUT2D eigenvalue weighted by Crippen LogP contribution is 2.40. The van der Waals surface area contributed by atoms with Crippen LogP contribution >= 0.6 is 23.5 Å². The number of nitrogens with two attached hydrogens (primary N) is 1. The number of aliphatic hydroxyl groups is 1. The monoisotopic (exact) mass is 438 g/mol. The zero-order valence-electron chi connectivity index (χ0n) is 14.5. The van der Waals surface area contributed by atoms with Gasteiger partial charge < -0.3 is 21.1 Å². The molecule has 0 radical (unpaired) electrons. The lowest BCUT2D eigenvalue weighted by atomic mass is 10.0. The van der Waals surface area contributed by atoms with Gasteiger partial charge in [0.25, 0.3) is 5.78 Å². The summed E-state index contributed by atoms with van der Waals surface area (Å²) in [5, 5.41) is 32.1. The maximum atomic E-state index is 12.0. The van der Waals surface area contributed by atoms with E-state index in [1.807, 2.05) is 0 Å². The van der Waals surface area contributed by atoms with Crippen molar-refractivity contribution in [2.45, 2.75) is 23.0 Å². The minimum atomic E-state index is -1.26. The molecule has 2 aliphatic heterocycles. The van der Waals surface area contributed by atoms with Gasteiger partial charge in [-0.15, -0.1) is 28.6 Å².